The van der Waals surface area contributed by atoms with Crippen LogP contribution >= 0.6 is 0 Å². The molecule has 0 aromatic rings. The highest BCUT2D eigenvalue weighted by atomic mass is 16.4. The Morgan fingerprint density at radius 2 is 1.38 bits per heavy atom. The summed E-state index contributed by atoms with van der Waals surface area (Å²) in [5, 5.41) is 17.3. The lowest BCUT2D eigenvalue weighted by molar-refractivity contribution is -0.142. The van der Waals surface area contributed by atoms with Crippen molar-refractivity contribution in [2.45, 2.75) is 31.3 Å². The maximum Gasteiger partial charge on any atom is 0.322 e. The molecule has 0 spiro atoms. The first-order valence-corrected chi connectivity index (χ1v) is 4.08. The van der Waals surface area contributed by atoms with Gasteiger partial charge in [-0.3, -0.25) is 9.59 Å². The van der Waals surface area contributed by atoms with Crippen LogP contribution < -0.4 is 10.9 Å². The standard InChI is InChI=1S/C7H12N2O4/c10-6(11)4-2-1-3-5(7(12)13)9-8-4/h4-5,8-9H,1-3H2,(H,10,11)(H,12,13)/t4-,5+. The van der Waals surface area contributed by atoms with E-state index in [0.717, 1.165) is 0 Å². The Bertz CT molecular complexity index is 197. The molecule has 1 heterocycles. The topological polar surface area (TPSA) is 98.7 Å². The van der Waals surface area contributed by atoms with E-state index >= 15 is 0 Å². The Morgan fingerprint density at radius 1 is 1.00 bits per heavy atom. The fourth-order valence-electron chi connectivity index (χ4n) is 1.24. The van der Waals surface area contributed by atoms with Crippen LogP contribution in [-0.4, -0.2) is 34.2 Å². The van der Waals surface area contributed by atoms with Crippen molar-refractivity contribution in [3.05, 3.63) is 0 Å². The molecular formula is C7H12N2O4. The molecule has 2 atom stereocenters. The van der Waals surface area contributed by atoms with Gasteiger partial charge in [0.15, 0.2) is 0 Å². The van der Waals surface area contributed by atoms with Gasteiger partial charge in [-0.15, -0.1) is 0 Å². The zero-order valence-corrected chi connectivity index (χ0v) is 6.99. The van der Waals surface area contributed by atoms with Crippen molar-refractivity contribution in [1.29, 1.82) is 0 Å². The number of hydrazine groups is 1. The maximum atomic E-state index is 10.5. The highest BCUT2D eigenvalue weighted by molar-refractivity contribution is 5.75. The van der Waals surface area contributed by atoms with Gasteiger partial charge in [-0.1, -0.05) is 0 Å². The monoisotopic (exact) mass is 188 g/mol. The number of hydrogen-bond acceptors (Lipinski definition) is 4. The Kier molecular flexibility index (Phi) is 3.21. The van der Waals surface area contributed by atoms with Crippen LogP contribution in [0.3, 0.4) is 0 Å². The molecule has 1 saturated heterocycles. The Hall–Kier alpha value is -1.14. The molecule has 1 aliphatic rings. The normalized spacial score (nSPS) is 29.2. The second-order valence-corrected chi connectivity index (χ2v) is 3.00. The van der Waals surface area contributed by atoms with E-state index in [-0.39, 0.29) is 0 Å². The van der Waals surface area contributed by atoms with Crippen LogP contribution in [0.2, 0.25) is 0 Å². The average molecular weight is 188 g/mol. The Balaban J connectivity index is 2.48. The second kappa shape index (κ2) is 4.20. The smallest absolute Gasteiger partial charge is 0.322 e. The molecule has 0 aliphatic carbocycles. The molecule has 4 N–H and O–H groups in total. The number of carboxylic acids is 2. The van der Waals surface area contributed by atoms with Crippen molar-refractivity contribution in [2.75, 3.05) is 0 Å². The molecule has 1 aliphatic heterocycles. The van der Waals surface area contributed by atoms with E-state index in [0.29, 0.717) is 19.3 Å². The van der Waals surface area contributed by atoms with Gasteiger partial charge in [-0.2, -0.15) is 0 Å². The van der Waals surface area contributed by atoms with E-state index in [1.807, 2.05) is 0 Å². The van der Waals surface area contributed by atoms with Crippen LogP contribution in [0.25, 0.3) is 0 Å². The third-order valence-electron chi connectivity index (χ3n) is 2.01. The first-order valence-electron chi connectivity index (χ1n) is 4.08. The highest BCUT2D eigenvalue weighted by Crippen LogP contribution is 2.08. The predicted octanol–water partition coefficient (Wildman–Crippen LogP) is -0.829. The second-order valence-electron chi connectivity index (χ2n) is 3.00. The van der Waals surface area contributed by atoms with E-state index in [1.54, 1.807) is 0 Å². The minimum atomic E-state index is -0.960. The zero-order chi connectivity index (χ0) is 9.84. The number of nitrogens with one attached hydrogen (secondary N) is 2. The predicted molar refractivity (Wildman–Crippen MR) is 43.0 cm³/mol. The van der Waals surface area contributed by atoms with Crippen molar-refractivity contribution in [3.8, 4) is 0 Å². The molecule has 0 aromatic heterocycles. The van der Waals surface area contributed by atoms with Gasteiger partial charge in [0.25, 0.3) is 0 Å². The summed E-state index contributed by atoms with van der Waals surface area (Å²) in [6.07, 6.45) is 1.49. The fraction of sp³-hybridized carbons (Fsp3) is 0.714. The summed E-state index contributed by atoms with van der Waals surface area (Å²) < 4.78 is 0. The van der Waals surface area contributed by atoms with E-state index in [4.69, 9.17) is 10.2 Å². The molecule has 0 bridgehead atoms. The van der Waals surface area contributed by atoms with Gasteiger partial charge in [0.2, 0.25) is 0 Å². The molecule has 0 saturated carbocycles. The van der Waals surface area contributed by atoms with Gasteiger partial charge in [0, 0.05) is 0 Å². The molecule has 0 radical (unpaired) electrons. The minimum absolute atomic E-state index is 0.451. The van der Waals surface area contributed by atoms with Crippen LogP contribution in [0.5, 0.6) is 0 Å². The van der Waals surface area contributed by atoms with Crippen LogP contribution in [0.4, 0.5) is 0 Å². The van der Waals surface area contributed by atoms with Crippen LogP contribution in [0.1, 0.15) is 19.3 Å². The first kappa shape index (κ1) is 9.94. The van der Waals surface area contributed by atoms with Crippen molar-refractivity contribution >= 4 is 11.9 Å². The van der Waals surface area contributed by atoms with Gasteiger partial charge >= 0.3 is 11.9 Å². The summed E-state index contributed by atoms with van der Waals surface area (Å²) in [5.74, 6) is -1.92. The van der Waals surface area contributed by atoms with E-state index in [1.165, 1.54) is 0 Å². The molecule has 6 heteroatoms. The quantitative estimate of drug-likeness (QED) is 0.451. The lowest BCUT2D eigenvalue weighted by atomic mass is 10.1. The molecule has 13 heavy (non-hydrogen) atoms. The van der Waals surface area contributed by atoms with E-state index in [2.05, 4.69) is 10.9 Å². The minimum Gasteiger partial charge on any atom is -0.480 e. The number of rotatable bonds is 2. The van der Waals surface area contributed by atoms with Crippen LogP contribution in [0, 0.1) is 0 Å². The Morgan fingerprint density at radius 3 is 1.69 bits per heavy atom. The van der Waals surface area contributed by atoms with Crippen LogP contribution in [0.15, 0.2) is 0 Å². The summed E-state index contributed by atoms with van der Waals surface area (Å²) in [6, 6.07) is -1.38. The lowest BCUT2D eigenvalue weighted by Crippen LogP contribution is -2.50. The number of carboxylic acid groups (broad SMARTS) is 2. The largest absolute Gasteiger partial charge is 0.480 e. The summed E-state index contributed by atoms with van der Waals surface area (Å²) in [7, 11) is 0. The van der Waals surface area contributed by atoms with Crippen molar-refractivity contribution in [3.63, 3.8) is 0 Å². The number of carbonyl (C=O) groups is 2. The first-order chi connectivity index (χ1) is 6.11. The molecule has 0 unspecified atom stereocenters. The maximum absolute atomic E-state index is 10.5. The SMILES string of the molecule is O=C(O)[C@@H]1CCC[C@H](C(=O)O)NN1. The number of hydrogen-bond donors (Lipinski definition) is 4. The highest BCUT2D eigenvalue weighted by Gasteiger charge is 2.25. The van der Waals surface area contributed by atoms with Gasteiger partial charge in [-0.05, 0) is 19.3 Å². The molecular weight excluding hydrogens is 176 g/mol. The molecule has 0 aromatic carbocycles. The Labute approximate surface area is 74.9 Å². The van der Waals surface area contributed by atoms with Crippen LogP contribution in [-0.2, 0) is 9.59 Å². The molecule has 0 amide bonds. The summed E-state index contributed by atoms with van der Waals surface area (Å²) >= 11 is 0. The summed E-state index contributed by atoms with van der Waals surface area (Å²) in [4.78, 5) is 21.1. The third kappa shape index (κ3) is 2.67. The fourth-order valence-corrected chi connectivity index (χ4v) is 1.24. The summed E-state index contributed by atoms with van der Waals surface area (Å²) in [6.45, 7) is 0. The molecule has 6 nitrogen and oxygen atoms in total. The van der Waals surface area contributed by atoms with Gasteiger partial charge in [0.1, 0.15) is 12.1 Å². The van der Waals surface area contributed by atoms with Gasteiger partial charge < -0.3 is 10.2 Å². The average Bonchev–Trinajstić information content (AvgIpc) is 2.27. The van der Waals surface area contributed by atoms with E-state index in [9.17, 15) is 9.59 Å². The van der Waals surface area contributed by atoms with Gasteiger partial charge in [-0.25, -0.2) is 10.9 Å². The third-order valence-corrected chi connectivity index (χ3v) is 2.01. The molecule has 74 valence electrons. The molecule has 1 rings (SSSR count). The van der Waals surface area contributed by atoms with Crippen molar-refractivity contribution in [2.24, 2.45) is 0 Å². The molecule has 1 fully saturated rings. The zero-order valence-electron chi connectivity index (χ0n) is 6.99. The summed E-state index contributed by atoms with van der Waals surface area (Å²) in [5.41, 5.74) is 4.96. The van der Waals surface area contributed by atoms with Crippen molar-refractivity contribution < 1.29 is 19.8 Å². The van der Waals surface area contributed by atoms with Gasteiger partial charge in [0.05, 0.1) is 0 Å². The van der Waals surface area contributed by atoms with E-state index < -0.39 is 24.0 Å². The van der Waals surface area contributed by atoms with Crippen molar-refractivity contribution in [1.82, 2.24) is 10.9 Å². The number of aliphatic carboxylic acids is 2. The lowest BCUT2D eigenvalue weighted by Gasteiger charge is -2.12.